The quantitative estimate of drug-likeness (QED) is 0.697. The molecule has 3 aromatic rings. The van der Waals surface area contributed by atoms with Gasteiger partial charge in [-0.15, -0.1) is 0 Å². The van der Waals surface area contributed by atoms with Crippen molar-refractivity contribution < 1.29 is 4.79 Å². The average Bonchev–Trinajstić information content (AvgIpc) is 2.93. The second-order valence-corrected chi connectivity index (χ2v) is 6.38. The van der Waals surface area contributed by atoms with Crippen molar-refractivity contribution in [3.63, 3.8) is 0 Å². The monoisotopic (exact) mass is 346 g/mol. The highest BCUT2D eigenvalue weighted by molar-refractivity contribution is 6.42. The molecule has 0 bridgehead atoms. The summed E-state index contributed by atoms with van der Waals surface area (Å²) < 4.78 is 0. The van der Waals surface area contributed by atoms with Gasteiger partial charge in [0.05, 0.1) is 10.0 Å². The van der Waals surface area contributed by atoms with E-state index >= 15 is 0 Å². The van der Waals surface area contributed by atoms with Gasteiger partial charge in [0.25, 0.3) is 5.91 Å². The minimum Gasteiger partial charge on any atom is -0.361 e. The fraction of sp³-hybridized carbons (Fsp3) is 0.167. The van der Waals surface area contributed by atoms with Crippen molar-refractivity contribution in [2.45, 2.75) is 19.4 Å². The van der Waals surface area contributed by atoms with E-state index in [0.717, 1.165) is 11.9 Å². The van der Waals surface area contributed by atoms with Crippen LogP contribution in [0.4, 0.5) is 0 Å². The number of halogens is 2. The molecule has 3 nitrogen and oxygen atoms in total. The molecule has 0 saturated carbocycles. The zero-order valence-electron chi connectivity index (χ0n) is 12.6. The van der Waals surface area contributed by atoms with E-state index in [1.807, 2.05) is 31.3 Å². The topological polar surface area (TPSA) is 44.9 Å². The molecular formula is C18H16Cl2N2O. The Kier molecular flexibility index (Phi) is 4.60. The van der Waals surface area contributed by atoms with Gasteiger partial charge in [-0.1, -0.05) is 41.4 Å². The number of hydrogen-bond donors (Lipinski definition) is 2. The molecule has 3 rings (SSSR count). The zero-order valence-corrected chi connectivity index (χ0v) is 14.1. The summed E-state index contributed by atoms with van der Waals surface area (Å²) in [4.78, 5) is 15.5. The van der Waals surface area contributed by atoms with Crippen LogP contribution < -0.4 is 5.32 Å². The Labute approximate surface area is 144 Å². The Morgan fingerprint density at radius 2 is 1.96 bits per heavy atom. The van der Waals surface area contributed by atoms with Gasteiger partial charge in [-0.05, 0) is 43.2 Å². The van der Waals surface area contributed by atoms with E-state index in [0.29, 0.717) is 15.6 Å². The van der Waals surface area contributed by atoms with Crippen LogP contribution in [-0.4, -0.2) is 16.9 Å². The van der Waals surface area contributed by atoms with Crippen LogP contribution in [0.3, 0.4) is 0 Å². The van der Waals surface area contributed by atoms with Crippen molar-refractivity contribution in [3.8, 4) is 0 Å². The molecule has 0 spiro atoms. The Bertz CT molecular complexity index is 857. The lowest BCUT2D eigenvalue weighted by Gasteiger charge is -2.14. The van der Waals surface area contributed by atoms with E-state index < -0.39 is 0 Å². The van der Waals surface area contributed by atoms with Crippen LogP contribution >= 0.6 is 23.2 Å². The number of hydrogen-bond acceptors (Lipinski definition) is 1. The number of para-hydroxylation sites is 1. The van der Waals surface area contributed by atoms with E-state index in [9.17, 15) is 4.79 Å². The molecule has 0 fully saturated rings. The summed E-state index contributed by atoms with van der Waals surface area (Å²) in [6, 6.07) is 13.0. The summed E-state index contributed by atoms with van der Waals surface area (Å²) >= 11 is 11.8. The van der Waals surface area contributed by atoms with Crippen LogP contribution in [0.15, 0.2) is 48.7 Å². The van der Waals surface area contributed by atoms with Crippen LogP contribution in [-0.2, 0) is 6.42 Å². The van der Waals surface area contributed by atoms with E-state index in [1.54, 1.807) is 18.2 Å². The minimum atomic E-state index is -0.157. The van der Waals surface area contributed by atoms with Gasteiger partial charge in [-0.25, -0.2) is 0 Å². The van der Waals surface area contributed by atoms with Gasteiger partial charge >= 0.3 is 0 Å². The molecule has 1 aromatic heterocycles. The van der Waals surface area contributed by atoms with Crippen molar-refractivity contribution in [1.82, 2.24) is 10.3 Å². The number of benzene rings is 2. The molecule has 1 amide bonds. The Morgan fingerprint density at radius 3 is 2.74 bits per heavy atom. The maximum Gasteiger partial charge on any atom is 0.251 e. The maximum atomic E-state index is 12.3. The molecule has 0 aliphatic carbocycles. The lowest BCUT2D eigenvalue weighted by molar-refractivity contribution is 0.0940. The largest absolute Gasteiger partial charge is 0.361 e. The van der Waals surface area contributed by atoms with Gasteiger partial charge in [0.15, 0.2) is 0 Å². The van der Waals surface area contributed by atoms with Crippen LogP contribution in [0.5, 0.6) is 0 Å². The molecule has 118 valence electrons. The van der Waals surface area contributed by atoms with Crippen LogP contribution in [0, 0.1) is 0 Å². The highest BCUT2D eigenvalue weighted by Gasteiger charge is 2.13. The zero-order chi connectivity index (χ0) is 16.4. The van der Waals surface area contributed by atoms with Crippen molar-refractivity contribution >= 4 is 40.0 Å². The summed E-state index contributed by atoms with van der Waals surface area (Å²) in [7, 11) is 0. The molecule has 0 unspecified atom stereocenters. The number of aromatic nitrogens is 1. The van der Waals surface area contributed by atoms with Gasteiger partial charge in [-0.3, -0.25) is 4.79 Å². The molecule has 2 N–H and O–H groups in total. The Morgan fingerprint density at radius 1 is 1.17 bits per heavy atom. The number of fused-ring (bicyclic) bond motifs is 1. The fourth-order valence-corrected chi connectivity index (χ4v) is 2.92. The standard InChI is InChI=1S/C18H16Cl2N2O/c1-11(8-13-10-21-17-5-3-2-4-14(13)17)22-18(23)12-6-7-15(19)16(20)9-12/h2-7,9-11,21H,8H2,1H3,(H,22,23)/t11-/m0/s1. The second-order valence-electron chi connectivity index (χ2n) is 5.57. The molecule has 5 heteroatoms. The summed E-state index contributed by atoms with van der Waals surface area (Å²) in [5.74, 6) is -0.157. The average molecular weight is 347 g/mol. The van der Waals surface area contributed by atoms with Crippen LogP contribution in [0.25, 0.3) is 10.9 Å². The first-order chi connectivity index (χ1) is 11.0. The number of carbonyl (C=O) groups excluding carboxylic acids is 1. The first-order valence-corrected chi connectivity index (χ1v) is 8.11. The van der Waals surface area contributed by atoms with E-state index in [4.69, 9.17) is 23.2 Å². The number of rotatable bonds is 4. The van der Waals surface area contributed by atoms with Gasteiger partial charge in [0.2, 0.25) is 0 Å². The van der Waals surface area contributed by atoms with Gasteiger partial charge in [0.1, 0.15) is 0 Å². The maximum absolute atomic E-state index is 12.3. The minimum absolute atomic E-state index is 0.00356. The summed E-state index contributed by atoms with van der Waals surface area (Å²) in [6.45, 7) is 1.98. The molecule has 0 saturated heterocycles. The third kappa shape index (κ3) is 3.52. The number of nitrogens with one attached hydrogen (secondary N) is 2. The van der Waals surface area contributed by atoms with Crippen LogP contribution in [0.2, 0.25) is 10.0 Å². The predicted molar refractivity (Wildman–Crippen MR) is 95.4 cm³/mol. The molecule has 1 atom stereocenters. The summed E-state index contributed by atoms with van der Waals surface area (Å²) in [6.07, 6.45) is 2.74. The van der Waals surface area contributed by atoms with Gasteiger partial charge < -0.3 is 10.3 Å². The fourth-order valence-electron chi connectivity index (χ4n) is 2.63. The lowest BCUT2D eigenvalue weighted by atomic mass is 10.1. The van der Waals surface area contributed by atoms with Gasteiger partial charge in [-0.2, -0.15) is 0 Å². The van der Waals surface area contributed by atoms with Crippen LogP contribution in [0.1, 0.15) is 22.8 Å². The van der Waals surface area contributed by atoms with E-state index in [1.165, 1.54) is 10.9 Å². The van der Waals surface area contributed by atoms with Crippen molar-refractivity contribution in [2.75, 3.05) is 0 Å². The third-order valence-electron chi connectivity index (χ3n) is 3.76. The van der Waals surface area contributed by atoms with Crippen molar-refractivity contribution in [2.24, 2.45) is 0 Å². The SMILES string of the molecule is C[C@@H](Cc1c[nH]c2ccccc12)NC(=O)c1ccc(Cl)c(Cl)c1. The highest BCUT2D eigenvalue weighted by atomic mass is 35.5. The number of amides is 1. The molecule has 1 heterocycles. The molecule has 0 aliphatic heterocycles. The highest BCUT2D eigenvalue weighted by Crippen LogP contribution is 2.23. The first-order valence-electron chi connectivity index (χ1n) is 7.35. The van der Waals surface area contributed by atoms with E-state index in [-0.39, 0.29) is 11.9 Å². The molecule has 23 heavy (non-hydrogen) atoms. The number of carbonyl (C=O) groups is 1. The molecular weight excluding hydrogens is 331 g/mol. The lowest BCUT2D eigenvalue weighted by Crippen LogP contribution is -2.34. The van der Waals surface area contributed by atoms with Gasteiger partial charge in [0, 0.05) is 28.7 Å². The third-order valence-corrected chi connectivity index (χ3v) is 4.50. The smallest absolute Gasteiger partial charge is 0.251 e. The Balaban J connectivity index is 1.70. The summed E-state index contributed by atoms with van der Waals surface area (Å²) in [5.41, 5.74) is 2.79. The normalized spacial score (nSPS) is 12.3. The first kappa shape index (κ1) is 15.9. The Hall–Kier alpha value is -1.97. The molecule has 0 aliphatic rings. The molecule has 0 radical (unpaired) electrons. The molecule has 2 aromatic carbocycles. The van der Waals surface area contributed by atoms with Crippen molar-refractivity contribution in [3.05, 3.63) is 69.8 Å². The second kappa shape index (κ2) is 6.65. The number of H-pyrrole nitrogens is 1. The van der Waals surface area contributed by atoms with E-state index in [2.05, 4.69) is 16.4 Å². The summed E-state index contributed by atoms with van der Waals surface area (Å²) in [5, 5.41) is 4.99. The predicted octanol–water partition coefficient (Wildman–Crippen LogP) is 4.84. The number of aromatic amines is 1. The van der Waals surface area contributed by atoms with Crippen molar-refractivity contribution in [1.29, 1.82) is 0 Å².